The lowest BCUT2D eigenvalue weighted by Gasteiger charge is -2.03. The molecule has 1 N–H and O–H groups in total. The van der Waals surface area contributed by atoms with E-state index in [2.05, 4.69) is 15.5 Å². The van der Waals surface area contributed by atoms with E-state index in [1.54, 1.807) is 12.1 Å². The minimum atomic E-state index is -0.453. The van der Waals surface area contributed by atoms with E-state index in [4.69, 9.17) is 9.15 Å². The normalized spacial score (nSPS) is 10.4. The highest BCUT2D eigenvalue weighted by molar-refractivity contribution is 7.12. The van der Waals surface area contributed by atoms with Crippen molar-refractivity contribution < 1.29 is 18.7 Å². The molecule has 3 aromatic rings. The SMILES string of the molecule is O=C(CCNC(=O)c1cccs1)OCc1nnc(-c2ccccc2)o1. The highest BCUT2D eigenvalue weighted by atomic mass is 32.1. The van der Waals surface area contributed by atoms with Gasteiger partial charge in [0.05, 0.1) is 11.3 Å². The van der Waals surface area contributed by atoms with Gasteiger partial charge in [-0.2, -0.15) is 0 Å². The molecule has 1 aromatic carbocycles. The third kappa shape index (κ3) is 4.74. The molecule has 7 nitrogen and oxygen atoms in total. The molecular formula is C17H15N3O4S. The van der Waals surface area contributed by atoms with Crippen LogP contribution in [0, 0.1) is 0 Å². The predicted molar refractivity (Wildman–Crippen MR) is 90.8 cm³/mol. The minimum Gasteiger partial charge on any atom is -0.456 e. The smallest absolute Gasteiger partial charge is 0.308 e. The van der Waals surface area contributed by atoms with E-state index in [0.29, 0.717) is 10.8 Å². The molecule has 0 aliphatic rings. The molecule has 128 valence electrons. The first-order valence-electron chi connectivity index (χ1n) is 7.57. The highest BCUT2D eigenvalue weighted by Gasteiger charge is 2.11. The Kier molecular flexibility index (Phi) is 5.53. The number of hydrogen-bond donors (Lipinski definition) is 1. The van der Waals surface area contributed by atoms with E-state index in [-0.39, 0.29) is 31.4 Å². The summed E-state index contributed by atoms with van der Waals surface area (Å²) in [4.78, 5) is 24.0. The van der Waals surface area contributed by atoms with Gasteiger partial charge in [-0.25, -0.2) is 0 Å². The van der Waals surface area contributed by atoms with Gasteiger partial charge in [-0.3, -0.25) is 9.59 Å². The molecule has 0 fully saturated rings. The van der Waals surface area contributed by atoms with Crippen LogP contribution in [0.4, 0.5) is 0 Å². The van der Waals surface area contributed by atoms with Crippen molar-refractivity contribution in [3.05, 3.63) is 58.6 Å². The third-order valence-corrected chi connectivity index (χ3v) is 4.07. The fraction of sp³-hybridized carbons (Fsp3) is 0.176. The maximum absolute atomic E-state index is 11.7. The Bertz CT molecular complexity index is 831. The standard InChI is InChI=1S/C17H15N3O4S/c21-15(8-9-18-16(22)13-7-4-10-25-13)23-11-14-19-20-17(24-14)12-5-2-1-3-6-12/h1-7,10H,8-9,11H2,(H,18,22). The zero-order valence-electron chi connectivity index (χ0n) is 13.2. The van der Waals surface area contributed by atoms with Gasteiger partial charge in [0.2, 0.25) is 5.89 Å². The third-order valence-electron chi connectivity index (χ3n) is 3.20. The summed E-state index contributed by atoms with van der Waals surface area (Å²) < 4.78 is 10.5. The van der Waals surface area contributed by atoms with Crippen molar-refractivity contribution in [3.8, 4) is 11.5 Å². The molecule has 25 heavy (non-hydrogen) atoms. The lowest BCUT2D eigenvalue weighted by molar-refractivity contribution is -0.145. The highest BCUT2D eigenvalue weighted by Crippen LogP contribution is 2.17. The van der Waals surface area contributed by atoms with E-state index < -0.39 is 5.97 Å². The molecule has 0 aliphatic heterocycles. The second kappa shape index (κ2) is 8.20. The van der Waals surface area contributed by atoms with Crippen molar-refractivity contribution in [2.75, 3.05) is 6.54 Å². The fourth-order valence-corrected chi connectivity index (χ4v) is 2.64. The number of carbonyl (C=O) groups excluding carboxylic acids is 2. The van der Waals surface area contributed by atoms with Gasteiger partial charge in [0.25, 0.3) is 11.8 Å². The second-order valence-corrected chi connectivity index (χ2v) is 5.96. The summed E-state index contributed by atoms with van der Waals surface area (Å²) >= 11 is 1.34. The van der Waals surface area contributed by atoms with E-state index in [1.807, 2.05) is 35.7 Å². The molecule has 8 heteroatoms. The van der Waals surface area contributed by atoms with Gasteiger partial charge in [-0.05, 0) is 23.6 Å². The van der Waals surface area contributed by atoms with Crippen LogP contribution < -0.4 is 5.32 Å². The van der Waals surface area contributed by atoms with Gasteiger partial charge >= 0.3 is 5.97 Å². The summed E-state index contributed by atoms with van der Waals surface area (Å²) in [5, 5.41) is 12.2. The Morgan fingerprint density at radius 3 is 2.72 bits per heavy atom. The number of rotatable bonds is 7. The van der Waals surface area contributed by atoms with Crippen molar-refractivity contribution in [3.63, 3.8) is 0 Å². The number of aromatic nitrogens is 2. The maximum Gasteiger partial charge on any atom is 0.308 e. The quantitative estimate of drug-likeness (QED) is 0.653. The summed E-state index contributed by atoms with van der Waals surface area (Å²) in [5.41, 5.74) is 0.795. The number of esters is 1. The van der Waals surface area contributed by atoms with Crippen LogP contribution in [0.5, 0.6) is 0 Å². The molecule has 2 heterocycles. The second-order valence-electron chi connectivity index (χ2n) is 5.01. The summed E-state index contributed by atoms with van der Waals surface area (Å²) in [7, 11) is 0. The van der Waals surface area contributed by atoms with Gasteiger partial charge in [0.15, 0.2) is 6.61 Å². The molecule has 0 unspecified atom stereocenters. The van der Waals surface area contributed by atoms with E-state index >= 15 is 0 Å². The molecule has 3 rings (SSSR count). The number of carbonyl (C=O) groups is 2. The predicted octanol–water partition coefficient (Wildman–Crippen LogP) is 2.66. The number of benzene rings is 1. The number of nitrogens with zero attached hydrogens (tertiary/aromatic N) is 2. The molecule has 0 atom stereocenters. The zero-order chi connectivity index (χ0) is 17.5. The summed E-state index contributed by atoms with van der Waals surface area (Å²) in [5.74, 6) is -0.0668. The van der Waals surface area contributed by atoms with Crippen molar-refractivity contribution in [2.24, 2.45) is 0 Å². The maximum atomic E-state index is 11.7. The number of ether oxygens (including phenoxy) is 1. The van der Waals surface area contributed by atoms with Crippen molar-refractivity contribution in [1.29, 1.82) is 0 Å². The van der Waals surface area contributed by atoms with E-state index in [9.17, 15) is 9.59 Å². The monoisotopic (exact) mass is 357 g/mol. The first kappa shape index (κ1) is 16.8. The molecule has 0 bridgehead atoms. The Labute approximate surface area is 147 Å². The van der Waals surface area contributed by atoms with Gasteiger partial charge in [0.1, 0.15) is 0 Å². The number of nitrogens with one attached hydrogen (secondary N) is 1. The summed E-state index contributed by atoms with van der Waals surface area (Å²) in [6.45, 7) is 0.103. The average Bonchev–Trinajstić information content (AvgIpc) is 3.32. The zero-order valence-corrected chi connectivity index (χ0v) is 14.0. The van der Waals surface area contributed by atoms with Gasteiger partial charge in [-0.1, -0.05) is 24.3 Å². The lowest BCUT2D eigenvalue weighted by Crippen LogP contribution is -2.25. The Hall–Kier alpha value is -3.00. The van der Waals surface area contributed by atoms with Crippen LogP contribution in [0.1, 0.15) is 22.0 Å². The Morgan fingerprint density at radius 1 is 1.12 bits per heavy atom. The van der Waals surface area contributed by atoms with Crippen molar-refractivity contribution in [1.82, 2.24) is 15.5 Å². The number of amides is 1. The van der Waals surface area contributed by atoms with Crippen LogP contribution >= 0.6 is 11.3 Å². The van der Waals surface area contributed by atoms with Crippen LogP contribution in [-0.4, -0.2) is 28.6 Å². The Morgan fingerprint density at radius 2 is 1.96 bits per heavy atom. The fourth-order valence-electron chi connectivity index (χ4n) is 2.00. The number of hydrogen-bond acceptors (Lipinski definition) is 7. The minimum absolute atomic E-state index is 0.0663. The molecule has 1 amide bonds. The molecular weight excluding hydrogens is 342 g/mol. The van der Waals surface area contributed by atoms with Crippen LogP contribution in [0.2, 0.25) is 0 Å². The molecule has 0 saturated heterocycles. The lowest BCUT2D eigenvalue weighted by atomic mass is 10.2. The van der Waals surface area contributed by atoms with Crippen LogP contribution in [0.3, 0.4) is 0 Å². The molecule has 0 radical (unpaired) electrons. The van der Waals surface area contributed by atoms with Crippen LogP contribution in [0.25, 0.3) is 11.5 Å². The van der Waals surface area contributed by atoms with Crippen LogP contribution in [-0.2, 0) is 16.1 Å². The number of thiophene rings is 1. The summed E-state index contributed by atoms with van der Waals surface area (Å²) in [6.07, 6.45) is 0.0663. The topological polar surface area (TPSA) is 94.3 Å². The van der Waals surface area contributed by atoms with E-state index in [0.717, 1.165) is 5.56 Å². The first-order valence-corrected chi connectivity index (χ1v) is 8.45. The molecule has 0 saturated carbocycles. The average molecular weight is 357 g/mol. The largest absolute Gasteiger partial charge is 0.456 e. The van der Waals surface area contributed by atoms with Gasteiger partial charge < -0.3 is 14.5 Å². The molecule has 0 aliphatic carbocycles. The first-order chi connectivity index (χ1) is 12.2. The van der Waals surface area contributed by atoms with E-state index in [1.165, 1.54) is 11.3 Å². The van der Waals surface area contributed by atoms with Crippen molar-refractivity contribution >= 4 is 23.2 Å². The van der Waals surface area contributed by atoms with Crippen molar-refractivity contribution in [2.45, 2.75) is 13.0 Å². The van der Waals surface area contributed by atoms with Gasteiger partial charge in [-0.15, -0.1) is 21.5 Å². The van der Waals surface area contributed by atoms with Crippen LogP contribution in [0.15, 0.2) is 52.3 Å². The molecule has 2 aromatic heterocycles. The Balaban J connectivity index is 1.41. The molecule has 0 spiro atoms. The summed E-state index contributed by atoms with van der Waals surface area (Å²) in [6, 6.07) is 12.8. The van der Waals surface area contributed by atoms with Gasteiger partial charge in [0, 0.05) is 12.1 Å².